The largest absolute Gasteiger partial charge is 0.497 e. The van der Waals surface area contributed by atoms with E-state index < -0.39 is 11.6 Å². The van der Waals surface area contributed by atoms with Crippen molar-refractivity contribution in [2.75, 3.05) is 27.7 Å². The monoisotopic (exact) mass is 347 g/mol. The Morgan fingerprint density at radius 1 is 1.44 bits per heavy atom. The highest BCUT2D eigenvalue weighted by atomic mass is 16.5. The van der Waals surface area contributed by atoms with Crippen LogP contribution in [-0.2, 0) is 10.4 Å². The Labute approximate surface area is 149 Å². The van der Waals surface area contributed by atoms with Gasteiger partial charge in [0.15, 0.2) is 0 Å². The minimum Gasteiger partial charge on any atom is -0.497 e. The van der Waals surface area contributed by atoms with E-state index >= 15 is 0 Å². The van der Waals surface area contributed by atoms with Crippen molar-refractivity contribution in [1.29, 1.82) is 0 Å². The molecule has 2 unspecified atom stereocenters. The second kappa shape index (κ2) is 8.50. The predicted octanol–water partition coefficient (Wildman–Crippen LogP) is 3.04. The fraction of sp³-hybridized carbons (Fsp3) is 0.550. The highest BCUT2D eigenvalue weighted by Crippen LogP contribution is 2.44. The zero-order valence-electron chi connectivity index (χ0n) is 15.4. The number of carbonyl (C=O) groups is 1. The van der Waals surface area contributed by atoms with Crippen molar-refractivity contribution in [2.45, 2.75) is 37.7 Å². The van der Waals surface area contributed by atoms with Gasteiger partial charge in [0.2, 0.25) is 0 Å². The number of ether oxygens (including phenoxy) is 1. The normalized spacial score (nSPS) is 25.3. The molecule has 2 atom stereocenters. The standard InChI is InChI=1S/C20H29NO4/c1-21(2)14-17-12-15(6-4-9-19(22)23)10-11-20(17,24)16-7-5-8-18(13-16)25-3/h5-8,13,17,24H,4,9-12,14H2,1-3H3,(H,22,23). The average molecular weight is 347 g/mol. The number of carboxylic acid groups (broad SMARTS) is 1. The molecule has 0 radical (unpaired) electrons. The molecule has 1 aliphatic rings. The Kier molecular flexibility index (Phi) is 6.62. The van der Waals surface area contributed by atoms with Crippen LogP contribution in [0, 0.1) is 5.92 Å². The molecule has 0 bridgehead atoms. The van der Waals surface area contributed by atoms with E-state index in [1.807, 2.05) is 44.4 Å². The Morgan fingerprint density at radius 3 is 2.84 bits per heavy atom. The van der Waals surface area contributed by atoms with Gasteiger partial charge in [0.05, 0.1) is 12.7 Å². The minimum atomic E-state index is -0.900. The number of nitrogens with zero attached hydrogens (tertiary/aromatic N) is 1. The van der Waals surface area contributed by atoms with Gasteiger partial charge in [-0.05, 0) is 57.5 Å². The number of aliphatic carboxylic acids is 1. The van der Waals surface area contributed by atoms with Crippen LogP contribution >= 0.6 is 0 Å². The van der Waals surface area contributed by atoms with E-state index in [9.17, 15) is 9.90 Å². The summed E-state index contributed by atoms with van der Waals surface area (Å²) in [7, 11) is 5.65. The Morgan fingerprint density at radius 2 is 2.20 bits per heavy atom. The highest BCUT2D eigenvalue weighted by Gasteiger charge is 2.42. The van der Waals surface area contributed by atoms with Crippen LogP contribution in [0.5, 0.6) is 5.75 Å². The Hall–Kier alpha value is -1.85. The van der Waals surface area contributed by atoms with Crippen LogP contribution in [-0.4, -0.2) is 48.8 Å². The van der Waals surface area contributed by atoms with Crippen LogP contribution < -0.4 is 4.74 Å². The second-order valence-corrected chi connectivity index (χ2v) is 7.11. The molecule has 0 aliphatic heterocycles. The molecule has 0 amide bonds. The van der Waals surface area contributed by atoms with Crippen molar-refractivity contribution in [2.24, 2.45) is 5.92 Å². The third-order valence-electron chi connectivity index (χ3n) is 4.96. The molecule has 1 fully saturated rings. The third-order valence-corrected chi connectivity index (χ3v) is 4.96. The van der Waals surface area contributed by atoms with E-state index in [1.54, 1.807) is 7.11 Å². The minimum absolute atomic E-state index is 0.0550. The highest BCUT2D eigenvalue weighted by molar-refractivity contribution is 5.66. The van der Waals surface area contributed by atoms with E-state index in [0.29, 0.717) is 12.8 Å². The van der Waals surface area contributed by atoms with E-state index in [2.05, 4.69) is 4.90 Å². The topological polar surface area (TPSA) is 70.0 Å². The third kappa shape index (κ3) is 5.06. The first-order chi connectivity index (χ1) is 11.8. The van der Waals surface area contributed by atoms with Crippen molar-refractivity contribution in [1.82, 2.24) is 4.90 Å². The first-order valence-electron chi connectivity index (χ1n) is 8.76. The maximum atomic E-state index is 11.5. The molecule has 0 aromatic heterocycles. The van der Waals surface area contributed by atoms with Crippen molar-refractivity contribution >= 4 is 5.97 Å². The number of allylic oxidation sites excluding steroid dienone is 2. The van der Waals surface area contributed by atoms with Crippen LogP contribution in [0.25, 0.3) is 0 Å². The van der Waals surface area contributed by atoms with Crippen LogP contribution in [0.15, 0.2) is 35.9 Å². The molecular formula is C20H29NO4. The average Bonchev–Trinajstić information content (AvgIpc) is 2.57. The fourth-order valence-electron chi connectivity index (χ4n) is 3.66. The second-order valence-electron chi connectivity index (χ2n) is 7.11. The van der Waals surface area contributed by atoms with Gasteiger partial charge in [0.25, 0.3) is 0 Å². The number of carboxylic acids is 1. The Bertz CT molecular complexity index is 626. The number of methoxy groups -OCH3 is 1. The number of aliphatic hydroxyl groups is 1. The van der Waals surface area contributed by atoms with Gasteiger partial charge >= 0.3 is 5.97 Å². The first kappa shape index (κ1) is 19.5. The first-order valence-corrected chi connectivity index (χ1v) is 8.76. The summed E-state index contributed by atoms with van der Waals surface area (Å²) in [5, 5.41) is 20.3. The van der Waals surface area contributed by atoms with Gasteiger partial charge in [0.1, 0.15) is 5.75 Å². The summed E-state index contributed by atoms with van der Waals surface area (Å²) >= 11 is 0. The van der Waals surface area contributed by atoms with Crippen molar-refractivity contribution in [3.63, 3.8) is 0 Å². The van der Waals surface area contributed by atoms with Crippen LogP contribution in [0.2, 0.25) is 0 Å². The van der Waals surface area contributed by atoms with Gasteiger partial charge in [-0.1, -0.05) is 23.8 Å². The quantitative estimate of drug-likeness (QED) is 0.742. The van der Waals surface area contributed by atoms with E-state index in [-0.39, 0.29) is 12.3 Å². The van der Waals surface area contributed by atoms with Crippen molar-refractivity contribution in [3.05, 3.63) is 41.5 Å². The summed E-state index contributed by atoms with van der Waals surface area (Å²) in [6, 6.07) is 7.68. The zero-order valence-corrected chi connectivity index (χ0v) is 15.4. The molecule has 0 saturated heterocycles. The van der Waals surface area contributed by atoms with Crippen LogP contribution in [0.4, 0.5) is 0 Å². The zero-order chi connectivity index (χ0) is 18.4. The molecule has 1 aromatic carbocycles. The summed E-state index contributed by atoms with van der Waals surface area (Å²) in [6.45, 7) is 0.768. The van der Waals surface area contributed by atoms with Gasteiger partial charge in [-0.2, -0.15) is 0 Å². The smallest absolute Gasteiger partial charge is 0.303 e. The molecule has 5 heteroatoms. The summed E-state index contributed by atoms with van der Waals surface area (Å²) in [5.74, 6) is 0.0298. The lowest BCUT2D eigenvalue weighted by Crippen LogP contribution is -2.43. The van der Waals surface area contributed by atoms with Crippen molar-refractivity contribution in [3.8, 4) is 5.75 Å². The number of hydrogen-bond acceptors (Lipinski definition) is 4. The summed E-state index contributed by atoms with van der Waals surface area (Å²) in [6.07, 6.45) is 4.96. The van der Waals surface area contributed by atoms with Gasteiger partial charge in [-0.15, -0.1) is 0 Å². The molecular weight excluding hydrogens is 318 g/mol. The van der Waals surface area contributed by atoms with E-state index in [0.717, 1.165) is 30.7 Å². The molecule has 0 heterocycles. The molecule has 0 spiro atoms. The van der Waals surface area contributed by atoms with Gasteiger partial charge in [-0.25, -0.2) is 0 Å². The van der Waals surface area contributed by atoms with E-state index in [4.69, 9.17) is 9.84 Å². The fourth-order valence-corrected chi connectivity index (χ4v) is 3.66. The molecule has 1 aliphatic carbocycles. The molecule has 2 N–H and O–H groups in total. The van der Waals surface area contributed by atoms with Crippen LogP contribution in [0.3, 0.4) is 0 Å². The Balaban J connectivity index is 2.23. The van der Waals surface area contributed by atoms with E-state index in [1.165, 1.54) is 5.57 Å². The number of hydrogen-bond donors (Lipinski definition) is 2. The van der Waals surface area contributed by atoms with Gasteiger partial charge in [-0.3, -0.25) is 4.79 Å². The molecule has 25 heavy (non-hydrogen) atoms. The number of benzene rings is 1. The summed E-state index contributed by atoms with van der Waals surface area (Å²) in [5.41, 5.74) is 1.24. The van der Waals surface area contributed by atoms with Crippen LogP contribution in [0.1, 0.15) is 37.7 Å². The van der Waals surface area contributed by atoms with Gasteiger partial charge < -0.3 is 19.8 Å². The number of rotatable bonds is 7. The summed E-state index contributed by atoms with van der Waals surface area (Å²) in [4.78, 5) is 12.8. The lowest BCUT2D eigenvalue weighted by Gasteiger charge is -2.43. The lowest BCUT2D eigenvalue weighted by molar-refractivity contribution is -0.136. The lowest BCUT2D eigenvalue weighted by atomic mass is 9.69. The predicted molar refractivity (Wildman–Crippen MR) is 97.7 cm³/mol. The summed E-state index contributed by atoms with van der Waals surface area (Å²) < 4.78 is 5.32. The molecule has 2 rings (SSSR count). The molecule has 5 nitrogen and oxygen atoms in total. The maximum Gasteiger partial charge on any atom is 0.303 e. The van der Waals surface area contributed by atoms with Gasteiger partial charge in [0, 0.05) is 18.9 Å². The molecule has 1 aromatic rings. The molecule has 1 saturated carbocycles. The maximum absolute atomic E-state index is 11.5. The molecule has 138 valence electrons. The van der Waals surface area contributed by atoms with Crippen molar-refractivity contribution < 1.29 is 19.7 Å². The SMILES string of the molecule is COc1cccc(C2(O)CCC(=CCCC(=O)O)CC2CN(C)C)c1.